The topological polar surface area (TPSA) is 37.3 Å². The van der Waals surface area contributed by atoms with E-state index in [0.29, 0.717) is 17.4 Å². The number of ketones is 1. The third-order valence-electron chi connectivity index (χ3n) is 3.79. The van der Waals surface area contributed by atoms with E-state index in [2.05, 4.69) is 12.2 Å². The monoisotopic (exact) mass is 214 g/mol. The molecule has 2 aliphatic carbocycles. The average Bonchev–Trinajstić information content (AvgIpc) is 2.90. The fourth-order valence-electron chi connectivity index (χ4n) is 2.96. The first-order chi connectivity index (χ1) is 7.75. The van der Waals surface area contributed by atoms with Crippen LogP contribution in [0.2, 0.25) is 0 Å². The number of carbonyl (C=O) groups is 1. The van der Waals surface area contributed by atoms with E-state index in [9.17, 15) is 9.90 Å². The van der Waals surface area contributed by atoms with E-state index in [0.717, 1.165) is 12.8 Å². The molecule has 0 spiro atoms. The molecule has 0 unspecified atom stereocenters. The van der Waals surface area contributed by atoms with Gasteiger partial charge >= 0.3 is 0 Å². The molecule has 82 valence electrons. The summed E-state index contributed by atoms with van der Waals surface area (Å²) in [6, 6.07) is 6.84. The van der Waals surface area contributed by atoms with Gasteiger partial charge in [-0.25, -0.2) is 0 Å². The number of benzene rings is 1. The minimum absolute atomic E-state index is 0.0864. The maximum atomic E-state index is 12.3. The maximum Gasteiger partial charge on any atom is 0.170 e. The largest absolute Gasteiger partial charge is 0.507 e. The van der Waals surface area contributed by atoms with Crippen molar-refractivity contribution in [3.8, 4) is 5.75 Å². The lowest BCUT2D eigenvalue weighted by molar-refractivity contribution is 0.0898. The van der Waals surface area contributed by atoms with Crippen LogP contribution in [0.15, 0.2) is 36.4 Å². The standard InChI is InChI=1S/C14H14O2/c15-13-4-2-1-3-11(13)14(16)12-8-9-5-6-10(12)7-9/h1-6,9-10,12,15H,7-8H2/t9-,10+,12-/m0/s1. The number of hydrogen-bond donors (Lipinski definition) is 1. The van der Waals surface area contributed by atoms with Gasteiger partial charge in [-0.15, -0.1) is 0 Å². The molecule has 1 aromatic rings. The average molecular weight is 214 g/mol. The Bertz CT molecular complexity index is 462. The van der Waals surface area contributed by atoms with Crippen LogP contribution in [0.1, 0.15) is 23.2 Å². The molecule has 3 atom stereocenters. The molecule has 16 heavy (non-hydrogen) atoms. The van der Waals surface area contributed by atoms with Crippen LogP contribution in [0.25, 0.3) is 0 Å². The van der Waals surface area contributed by atoms with Crippen molar-refractivity contribution in [2.24, 2.45) is 17.8 Å². The lowest BCUT2D eigenvalue weighted by Crippen LogP contribution is -2.19. The Kier molecular flexibility index (Phi) is 2.10. The van der Waals surface area contributed by atoms with Gasteiger partial charge in [-0.3, -0.25) is 4.79 Å². The Morgan fingerprint density at radius 1 is 1.19 bits per heavy atom. The maximum absolute atomic E-state index is 12.3. The van der Waals surface area contributed by atoms with Crippen molar-refractivity contribution in [2.45, 2.75) is 12.8 Å². The first-order valence-corrected chi connectivity index (χ1v) is 5.76. The lowest BCUT2D eigenvalue weighted by atomic mass is 9.86. The second kappa shape index (κ2) is 3.48. The van der Waals surface area contributed by atoms with Crippen molar-refractivity contribution in [2.75, 3.05) is 0 Å². The van der Waals surface area contributed by atoms with Crippen LogP contribution in [0, 0.1) is 17.8 Å². The number of phenolic OH excluding ortho intramolecular Hbond substituents is 1. The predicted molar refractivity (Wildman–Crippen MR) is 61.3 cm³/mol. The molecule has 2 bridgehead atoms. The quantitative estimate of drug-likeness (QED) is 0.607. The third kappa shape index (κ3) is 1.37. The molecule has 1 fully saturated rings. The van der Waals surface area contributed by atoms with E-state index in [1.165, 1.54) is 0 Å². The van der Waals surface area contributed by atoms with Gasteiger partial charge in [-0.05, 0) is 36.8 Å². The number of hydrogen-bond acceptors (Lipinski definition) is 2. The molecule has 2 aliphatic rings. The third-order valence-corrected chi connectivity index (χ3v) is 3.79. The highest BCUT2D eigenvalue weighted by atomic mass is 16.3. The molecule has 0 amide bonds. The Hall–Kier alpha value is -1.57. The molecule has 3 rings (SSSR count). The molecular formula is C14H14O2. The summed E-state index contributed by atoms with van der Waals surface area (Å²) in [5.41, 5.74) is 0.480. The smallest absolute Gasteiger partial charge is 0.170 e. The zero-order chi connectivity index (χ0) is 11.1. The minimum Gasteiger partial charge on any atom is -0.507 e. The highest BCUT2D eigenvalue weighted by Crippen LogP contribution is 2.45. The number of allylic oxidation sites excluding steroid dienone is 2. The van der Waals surface area contributed by atoms with E-state index < -0.39 is 0 Å². The summed E-state index contributed by atoms with van der Waals surface area (Å²) in [5, 5.41) is 9.67. The van der Waals surface area contributed by atoms with Gasteiger partial charge in [0.25, 0.3) is 0 Å². The molecule has 0 radical (unpaired) electrons. The van der Waals surface area contributed by atoms with Crippen molar-refractivity contribution in [1.82, 2.24) is 0 Å². The van der Waals surface area contributed by atoms with Crippen molar-refractivity contribution in [3.63, 3.8) is 0 Å². The highest BCUT2D eigenvalue weighted by molar-refractivity contribution is 6.00. The van der Waals surface area contributed by atoms with E-state index in [4.69, 9.17) is 0 Å². The molecular weight excluding hydrogens is 200 g/mol. The van der Waals surface area contributed by atoms with Gasteiger partial charge < -0.3 is 5.11 Å². The van der Waals surface area contributed by atoms with E-state index in [1.54, 1.807) is 24.3 Å². The van der Waals surface area contributed by atoms with Gasteiger partial charge in [-0.1, -0.05) is 24.3 Å². The first kappa shape index (κ1) is 9.64. The van der Waals surface area contributed by atoms with Gasteiger partial charge in [-0.2, -0.15) is 0 Å². The molecule has 1 aromatic carbocycles. The van der Waals surface area contributed by atoms with Crippen LogP contribution in [-0.4, -0.2) is 10.9 Å². The van der Waals surface area contributed by atoms with E-state index in [-0.39, 0.29) is 17.5 Å². The molecule has 0 aliphatic heterocycles. The number of para-hydroxylation sites is 1. The first-order valence-electron chi connectivity index (χ1n) is 5.76. The Balaban J connectivity index is 1.89. The number of aromatic hydroxyl groups is 1. The zero-order valence-electron chi connectivity index (χ0n) is 8.97. The Morgan fingerprint density at radius 3 is 2.62 bits per heavy atom. The number of phenols is 1. The normalized spacial score (nSPS) is 30.9. The molecule has 0 aromatic heterocycles. The summed E-state index contributed by atoms with van der Waals surface area (Å²) in [7, 11) is 0. The number of rotatable bonds is 2. The Morgan fingerprint density at radius 2 is 2.00 bits per heavy atom. The summed E-state index contributed by atoms with van der Waals surface area (Å²) >= 11 is 0. The van der Waals surface area contributed by atoms with Gasteiger partial charge in [0.15, 0.2) is 5.78 Å². The molecule has 1 N–H and O–H groups in total. The van der Waals surface area contributed by atoms with Crippen LogP contribution in [0.5, 0.6) is 5.75 Å². The summed E-state index contributed by atoms with van der Waals surface area (Å²) in [6.45, 7) is 0. The van der Waals surface area contributed by atoms with Crippen molar-refractivity contribution < 1.29 is 9.90 Å². The van der Waals surface area contributed by atoms with Crippen LogP contribution in [0.4, 0.5) is 0 Å². The predicted octanol–water partition coefficient (Wildman–Crippen LogP) is 2.79. The summed E-state index contributed by atoms with van der Waals surface area (Å²) in [4.78, 5) is 12.3. The number of fused-ring (bicyclic) bond motifs is 2. The van der Waals surface area contributed by atoms with Crippen LogP contribution < -0.4 is 0 Å². The SMILES string of the molecule is O=C(c1ccccc1O)[C@H]1C[C@H]2C=C[C@@H]1C2. The van der Waals surface area contributed by atoms with Crippen molar-refractivity contribution in [3.05, 3.63) is 42.0 Å². The number of carbonyl (C=O) groups excluding carboxylic acids is 1. The molecule has 2 heteroatoms. The van der Waals surface area contributed by atoms with Gasteiger partial charge in [0.2, 0.25) is 0 Å². The van der Waals surface area contributed by atoms with Gasteiger partial charge in [0.05, 0.1) is 5.56 Å². The summed E-state index contributed by atoms with van der Waals surface area (Å²) in [6.07, 6.45) is 6.45. The molecule has 1 saturated carbocycles. The van der Waals surface area contributed by atoms with Gasteiger partial charge in [0, 0.05) is 5.92 Å². The van der Waals surface area contributed by atoms with Gasteiger partial charge in [0.1, 0.15) is 5.75 Å². The summed E-state index contributed by atoms with van der Waals surface area (Å²) in [5.74, 6) is 1.29. The van der Waals surface area contributed by atoms with E-state index in [1.807, 2.05) is 0 Å². The fraction of sp³-hybridized carbons (Fsp3) is 0.357. The van der Waals surface area contributed by atoms with Crippen LogP contribution in [0.3, 0.4) is 0 Å². The zero-order valence-corrected chi connectivity index (χ0v) is 8.97. The molecule has 2 nitrogen and oxygen atoms in total. The molecule has 0 saturated heterocycles. The van der Waals surface area contributed by atoms with Crippen molar-refractivity contribution >= 4 is 5.78 Å². The second-order valence-corrected chi connectivity index (χ2v) is 4.77. The lowest BCUT2D eigenvalue weighted by Gasteiger charge is -2.17. The van der Waals surface area contributed by atoms with Crippen molar-refractivity contribution in [1.29, 1.82) is 0 Å². The minimum atomic E-state index is 0.0864. The fourth-order valence-corrected chi connectivity index (χ4v) is 2.96. The summed E-state index contributed by atoms with van der Waals surface area (Å²) < 4.78 is 0. The van der Waals surface area contributed by atoms with E-state index >= 15 is 0 Å². The Labute approximate surface area is 94.6 Å². The van der Waals surface area contributed by atoms with Crippen LogP contribution in [-0.2, 0) is 0 Å². The highest BCUT2D eigenvalue weighted by Gasteiger charge is 2.40. The molecule has 0 heterocycles. The number of Topliss-reactive ketones (excluding diaryl/α,β-unsaturated/α-hetero) is 1. The second-order valence-electron chi connectivity index (χ2n) is 4.77. The van der Waals surface area contributed by atoms with Crippen LogP contribution >= 0.6 is 0 Å².